The molecule has 0 radical (unpaired) electrons. The molecule has 0 aliphatic heterocycles. The van der Waals surface area contributed by atoms with E-state index in [1.807, 2.05) is 30.3 Å². The van der Waals surface area contributed by atoms with Gasteiger partial charge in [0.25, 0.3) is 0 Å². The number of ether oxygens (including phenoxy) is 2. The number of carboxylic acid groups (broad SMARTS) is 2. The molecule has 0 amide bonds. The predicted molar refractivity (Wildman–Crippen MR) is 192 cm³/mol. The highest BCUT2D eigenvalue weighted by Crippen LogP contribution is 2.35. The Morgan fingerprint density at radius 2 is 1.35 bits per heavy atom. The molecule has 1 unspecified atom stereocenters. The number of carbonyl (C=O) groups is 2. The zero-order valence-corrected chi connectivity index (χ0v) is 28.6. The Bertz CT molecular complexity index is 1980. The normalized spacial score (nSPS) is 13.8. The molecular formula is C42H40F2N2O6. The fourth-order valence-corrected chi connectivity index (χ4v) is 6.70. The van der Waals surface area contributed by atoms with E-state index in [2.05, 4.69) is 22.0 Å². The van der Waals surface area contributed by atoms with Crippen LogP contribution in [0.25, 0.3) is 0 Å². The van der Waals surface area contributed by atoms with Gasteiger partial charge in [-0.2, -0.15) is 0 Å². The average Bonchev–Trinajstić information content (AvgIpc) is 3.14. The molecule has 8 nitrogen and oxygen atoms in total. The minimum absolute atomic E-state index is 0.0204. The third-order valence-corrected chi connectivity index (χ3v) is 9.48. The van der Waals surface area contributed by atoms with E-state index in [4.69, 9.17) is 14.6 Å². The number of carboxylic acids is 1. The third kappa shape index (κ3) is 9.79. The standard InChI is InChI=1S/C42H40F2N2O6/c43-34-16-12-29(13-17-34)5-4-28-6-8-31(9-7-28)27-51-39-20-18-35(44)26-33(39)23-25-46(24-22-30-10-14-32(15-11-30)41(47)48)38-3-1-2-37-36(38)19-21-40(45-37)52-42(49)50/h6-21,26,38H,1-5,22-25,27H2,(H,47,48)(H,49,50). The Morgan fingerprint density at radius 3 is 2.04 bits per heavy atom. The molecule has 0 spiro atoms. The Balaban J connectivity index is 1.15. The van der Waals surface area contributed by atoms with Crippen LogP contribution < -0.4 is 9.47 Å². The van der Waals surface area contributed by atoms with Gasteiger partial charge in [-0.3, -0.25) is 4.90 Å². The molecular weight excluding hydrogens is 666 g/mol. The number of aryl methyl sites for hydroxylation is 3. The highest BCUT2D eigenvalue weighted by Gasteiger charge is 2.28. The maximum atomic E-state index is 14.6. The predicted octanol–water partition coefficient (Wildman–Crippen LogP) is 8.64. The Morgan fingerprint density at radius 1 is 0.731 bits per heavy atom. The van der Waals surface area contributed by atoms with Crippen molar-refractivity contribution in [2.24, 2.45) is 0 Å². The number of hydrogen-bond acceptors (Lipinski definition) is 6. The van der Waals surface area contributed by atoms with E-state index in [1.54, 1.807) is 36.4 Å². The van der Waals surface area contributed by atoms with Gasteiger partial charge in [0.15, 0.2) is 0 Å². The quantitative estimate of drug-likeness (QED) is 0.104. The van der Waals surface area contributed by atoms with E-state index in [0.29, 0.717) is 44.7 Å². The summed E-state index contributed by atoms with van der Waals surface area (Å²) in [5, 5.41) is 18.4. The first-order valence-corrected chi connectivity index (χ1v) is 17.4. The van der Waals surface area contributed by atoms with Crippen molar-refractivity contribution < 1.29 is 38.1 Å². The van der Waals surface area contributed by atoms with Crippen LogP contribution in [0.4, 0.5) is 13.6 Å². The number of rotatable bonds is 15. The molecule has 0 fully saturated rings. The zero-order valence-electron chi connectivity index (χ0n) is 28.6. The number of halogens is 2. The molecule has 0 saturated carbocycles. The van der Waals surface area contributed by atoms with Gasteiger partial charge >= 0.3 is 12.1 Å². The Hall–Kier alpha value is -5.61. The van der Waals surface area contributed by atoms with Crippen LogP contribution in [0.1, 0.15) is 68.3 Å². The monoisotopic (exact) mass is 706 g/mol. The van der Waals surface area contributed by atoms with Crippen LogP contribution in [-0.4, -0.2) is 45.3 Å². The van der Waals surface area contributed by atoms with Crippen molar-refractivity contribution in [1.82, 2.24) is 9.88 Å². The van der Waals surface area contributed by atoms with Gasteiger partial charge in [-0.05, 0) is 121 Å². The molecule has 1 aliphatic rings. The summed E-state index contributed by atoms with van der Waals surface area (Å²) in [6, 6.07) is 29.6. The van der Waals surface area contributed by atoms with Crippen molar-refractivity contribution in [3.8, 4) is 11.6 Å². The number of pyridine rings is 1. The average molecular weight is 707 g/mol. The molecule has 1 atom stereocenters. The molecule has 1 aliphatic carbocycles. The summed E-state index contributed by atoms with van der Waals surface area (Å²) in [5.41, 5.74) is 6.98. The number of fused-ring (bicyclic) bond motifs is 1. The highest BCUT2D eigenvalue weighted by atomic mass is 19.1. The number of hydrogen-bond donors (Lipinski definition) is 2. The highest BCUT2D eigenvalue weighted by molar-refractivity contribution is 5.87. The molecule has 52 heavy (non-hydrogen) atoms. The van der Waals surface area contributed by atoms with Crippen LogP contribution in [0.5, 0.6) is 11.6 Å². The lowest BCUT2D eigenvalue weighted by Crippen LogP contribution is -2.35. The summed E-state index contributed by atoms with van der Waals surface area (Å²) in [6.45, 7) is 1.53. The number of aromatic nitrogens is 1. The molecule has 1 aromatic heterocycles. The van der Waals surface area contributed by atoms with E-state index in [-0.39, 0.29) is 29.1 Å². The van der Waals surface area contributed by atoms with Gasteiger partial charge in [0, 0.05) is 30.9 Å². The summed E-state index contributed by atoms with van der Waals surface area (Å²) < 4.78 is 38.9. The molecule has 6 rings (SSSR count). The van der Waals surface area contributed by atoms with Crippen molar-refractivity contribution in [3.05, 3.63) is 159 Å². The summed E-state index contributed by atoms with van der Waals surface area (Å²) in [7, 11) is 0. The van der Waals surface area contributed by atoms with Gasteiger partial charge in [-0.15, -0.1) is 0 Å². The van der Waals surface area contributed by atoms with Crippen LogP contribution in [-0.2, 0) is 38.7 Å². The molecule has 0 bridgehead atoms. The molecule has 268 valence electrons. The number of nitrogens with zero attached hydrogens (tertiary/aromatic N) is 2. The first-order valence-electron chi connectivity index (χ1n) is 17.4. The van der Waals surface area contributed by atoms with E-state index in [1.165, 1.54) is 29.8 Å². The fourth-order valence-electron chi connectivity index (χ4n) is 6.70. The Kier molecular flexibility index (Phi) is 11.9. The van der Waals surface area contributed by atoms with Gasteiger partial charge in [0.1, 0.15) is 24.0 Å². The van der Waals surface area contributed by atoms with Gasteiger partial charge in [-0.25, -0.2) is 23.4 Å². The van der Waals surface area contributed by atoms with Crippen molar-refractivity contribution in [2.75, 3.05) is 13.1 Å². The first-order chi connectivity index (χ1) is 25.2. The lowest BCUT2D eigenvalue weighted by molar-refractivity contribution is 0.0696. The van der Waals surface area contributed by atoms with Crippen LogP contribution in [0.3, 0.4) is 0 Å². The molecule has 4 aromatic carbocycles. The van der Waals surface area contributed by atoms with E-state index >= 15 is 0 Å². The SMILES string of the molecule is O=C(O)Oc1ccc2c(n1)CCCC2N(CCc1ccc(C(=O)O)cc1)CCc1cc(F)ccc1OCc1ccc(CCc2ccc(F)cc2)cc1. The lowest BCUT2D eigenvalue weighted by Gasteiger charge is -2.36. The maximum absolute atomic E-state index is 14.6. The van der Waals surface area contributed by atoms with Crippen LogP contribution in [0.15, 0.2) is 103 Å². The summed E-state index contributed by atoms with van der Waals surface area (Å²) >= 11 is 0. The van der Waals surface area contributed by atoms with Gasteiger partial charge in [0.05, 0.1) is 5.56 Å². The van der Waals surface area contributed by atoms with Gasteiger partial charge in [0.2, 0.25) is 5.88 Å². The van der Waals surface area contributed by atoms with Crippen LogP contribution >= 0.6 is 0 Å². The van der Waals surface area contributed by atoms with Crippen LogP contribution in [0, 0.1) is 11.6 Å². The smallest absolute Gasteiger partial charge is 0.489 e. The Labute approximate surface area is 301 Å². The second-order valence-corrected chi connectivity index (χ2v) is 13.0. The minimum atomic E-state index is -1.42. The first kappa shape index (κ1) is 36.2. The zero-order chi connectivity index (χ0) is 36.5. The largest absolute Gasteiger partial charge is 0.512 e. The van der Waals surface area contributed by atoms with E-state index in [0.717, 1.165) is 59.2 Å². The van der Waals surface area contributed by atoms with Crippen molar-refractivity contribution in [2.45, 2.75) is 57.6 Å². The third-order valence-electron chi connectivity index (χ3n) is 9.48. The molecule has 5 aromatic rings. The summed E-state index contributed by atoms with van der Waals surface area (Å²) in [5.74, 6) is -0.926. The maximum Gasteiger partial charge on any atom is 0.512 e. The van der Waals surface area contributed by atoms with Crippen molar-refractivity contribution in [3.63, 3.8) is 0 Å². The fraction of sp³-hybridized carbons (Fsp3) is 0.262. The second kappa shape index (κ2) is 17.1. The topological polar surface area (TPSA) is 109 Å². The molecule has 10 heteroatoms. The molecule has 0 saturated heterocycles. The van der Waals surface area contributed by atoms with Crippen molar-refractivity contribution in [1.29, 1.82) is 0 Å². The second-order valence-electron chi connectivity index (χ2n) is 13.0. The van der Waals surface area contributed by atoms with Crippen molar-refractivity contribution >= 4 is 12.1 Å². The number of aromatic carboxylic acids is 1. The van der Waals surface area contributed by atoms with E-state index < -0.39 is 12.1 Å². The lowest BCUT2D eigenvalue weighted by atomic mass is 9.89. The number of benzene rings is 4. The molecule has 1 heterocycles. The van der Waals surface area contributed by atoms with E-state index in [9.17, 15) is 23.5 Å². The summed E-state index contributed by atoms with van der Waals surface area (Å²) in [6.07, 6.45) is 3.80. The van der Waals surface area contributed by atoms with Gasteiger partial charge in [-0.1, -0.05) is 54.6 Å². The van der Waals surface area contributed by atoms with Gasteiger partial charge < -0.3 is 19.7 Å². The minimum Gasteiger partial charge on any atom is -0.489 e. The molecule has 2 N–H and O–H groups in total. The summed E-state index contributed by atoms with van der Waals surface area (Å²) in [4.78, 5) is 29.3. The van der Waals surface area contributed by atoms with Crippen LogP contribution in [0.2, 0.25) is 0 Å².